The Kier molecular flexibility index (Phi) is 4.58. The van der Waals surface area contributed by atoms with Crippen LogP contribution in [0, 0.1) is 0 Å². The quantitative estimate of drug-likeness (QED) is 0.693. The smallest absolute Gasteiger partial charge is 0.256 e. The Morgan fingerprint density at radius 1 is 1.00 bits per heavy atom. The molecule has 5 nitrogen and oxygen atoms in total. The third-order valence-electron chi connectivity index (χ3n) is 5.39. The Balaban J connectivity index is 1.52. The fraction of sp³-hybridized carbons (Fsp3) is 0.167. The van der Waals surface area contributed by atoms with E-state index < -0.39 is 0 Å². The molecule has 29 heavy (non-hydrogen) atoms. The van der Waals surface area contributed by atoms with Crippen molar-refractivity contribution in [2.24, 2.45) is 0 Å². The number of nitrogens with one attached hydrogen (secondary N) is 1. The number of pyridine rings is 1. The lowest BCUT2D eigenvalue weighted by Gasteiger charge is -2.30. The van der Waals surface area contributed by atoms with E-state index in [-0.39, 0.29) is 5.91 Å². The summed E-state index contributed by atoms with van der Waals surface area (Å²) in [6.07, 6.45) is 5.58. The first-order chi connectivity index (χ1) is 14.3. The first-order valence-corrected chi connectivity index (χ1v) is 9.79. The van der Waals surface area contributed by atoms with Gasteiger partial charge >= 0.3 is 0 Å². The zero-order valence-electron chi connectivity index (χ0n) is 16.0. The number of benzene rings is 2. The van der Waals surface area contributed by atoms with Crippen LogP contribution in [-0.2, 0) is 9.53 Å². The predicted molar refractivity (Wildman–Crippen MR) is 116 cm³/mol. The van der Waals surface area contributed by atoms with Crippen molar-refractivity contribution in [1.29, 1.82) is 0 Å². The Labute approximate surface area is 169 Å². The fourth-order valence-electron chi connectivity index (χ4n) is 3.91. The molecule has 1 fully saturated rings. The van der Waals surface area contributed by atoms with Gasteiger partial charge in [-0.1, -0.05) is 36.4 Å². The summed E-state index contributed by atoms with van der Waals surface area (Å²) in [5, 5.41) is 3.02. The molecule has 0 aliphatic carbocycles. The highest BCUT2D eigenvalue weighted by molar-refractivity contribution is 6.35. The van der Waals surface area contributed by atoms with Gasteiger partial charge in [-0.05, 0) is 35.4 Å². The van der Waals surface area contributed by atoms with E-state index >= 15 is 0 Å². The number of ether oxygens (including phenoxy) is 1. The summed E-state index contributed by atoms with van der Waals surface area (Å²) in [5.74, 6) is -0.0693. The summed E-state index contributed by atoms with van der Waals surface area (Å²) in [6, 6.07) is 18.2. The molecule has 0 atom stereocenters. The minimum atomic E-state index is -0.0693. The molecular weight excluding hydrogens is 362 g/mol. The van der Waals surface area contributed by atoms with Crippen LogP contribution in [0.3, 0.4) is 0 Å². The van der Waals surface area contributed by atoms with Crippen LogP contribution in [0.15, 0.2) is 67.0 Å². The van der Waals surface area contributed by atoms with Crippen LogP contribution in [-0.4, -0.2) is 37.2 Å². The maximum Gasteiger partial charge on any atom is 0.256 e. The second kappa shape index (κ2) is 7.53. The molecule has 0 radical (unpaired) electrons. The van der Waals surface area contributed by atoms with Crippen LogP contribution in [0.4, 0.5) is 11.4 Å². The van der Waals surface area contributed by atoms with Gasteiger partial charge < -0.3 is 15.0 Å². The van der Waals surface area contributed by atoms with Crippen molar-refractivity contribution < 1.29 is 9.53 Å². The molecule has 2 aliphatic rings. The van der Waals surface area contributed by atoms with E-state index in [0.29, 0.717) is 5.57 Å². The van der Waals surface area contributed by atoms with Gasteiger partial charge in [-0.2, -0.15) is 0 Å². The summed E-state index contributed by atoms with van der Waals surface area (Å²) < 4.78 is 5.48. The molecule has 5 rings (SSSR count). The minimum Gasteiger partial charge on any atom is -0.378 e. The summed E-state index contributed by atoms with van der Waals surface area (Å²) in [6.45, 7) is 3.17. The summed E-state index contributed by atoms with van der Waals surface area (Å²) in [5.41, 5.74) is 6.70. The molecule has 3 aromatic rings. The van der Waals surface area contributed by atoms with Gasteiger partial charge in [0, 0.05) is 53.6 Å². The van der Waals surface area contributed by atoms with Crippen molar-refractivity contribution in [2.75, 3.05) is 36.5 Å². The van der Waals surface area contributed by atoms with Crippen molar-refractivity contribution in [1.82, 2.24) is 4.98 Å². The lowest BCUT2D eigenvalue weighted by atomic mass is 9.99. The van der Waals surface area contributed by atoms with E-state index in [4.69, 9.17) is 4.74 Å². The Morgan fingerprint density at radius 3 is 2.69 bits per heavy atom. The Hall–Kier alpha value is -3.44. The molecule has 0 bridgehead atoms. The zero-order valence-corrected chi connectivity index (χ0v) is 16.0. The van der Waals surface area contributed by atoms with Crippen molar-refractivity contribution in [3.05, 3.63) is 78.1 Å². The normalized spacial score (nSPS) is 17.3. The molecule has 3 heterocycles. The number of hydrogen-bond acceptors (Lipinski definition) is 4. The van der Waals surface area contributed by atoms with E-state index in [9.17, 15) is 4.79 Å². The van der Waals surface area contributed by atoms with E-state index in [1.165, 1.54) is 0 Å². The number of carbonyl (C=O) groups excluding carboxylic acids is 1. The molecule has 1 saturated heterocycles. The lowest BCUT2D eigenvalue weighted by molar-refractivity contribution is -0.110. The lowest BCUT2D eigenvalue weighted by Crippen LogP contribution is -2.36. The van der Waals surface area contributed by atoms with E-state index in [0.717, 1.165) is 59.9 Å². The number of hydrogen-bond donors (Lipinski definition) is 1. The predicted octanol–water partition coefficient (Wildman–Crippen LogP) is 4.08. The number of para-hydroxylation sites is 1. The molecule has 1 N–H and O–H groups in total. The standard InChI is InChI=1S/C24H21N3O2/c28-24-21(14-18-4-1-2-6-23(18)27-10-12-29-13-11-27)20-8-7-17(15-22(20)26-24)19-5-3-9-25-16-19/h1-9,14-16H,10-13H2,(H,26,28). The van der Waals surface area contributed by atoms with Gasteiger partial charge in [-0.15, -0.1) is 0 Å². The Bertz CT molecular complexity index is 1090. The van der Waals surface area contributed by atoms with Gasteiger partial charge in [0.05, 0.1) is 13.2 Å². The topological polar surface area (TPSA) is 54.5 Å². The second-order valence-electron chi connectivity index (χ2n) is 7.17. The molecule has 0 saturated carbocycles. The van der Waals surface area contributed by atoms with Crippen molar-refractivity contribution in [2.45, 2.75) is 0 Å². The van der Waals surface area contributed by atoms with Gasteiger partial charge in [0.1, 0.15) is 0 Å². The van der Waals surface area contributed by atoms with Crippen LogP contribution in [0.1, 0.15) is 11.1 Å². The molecule has 2 aliphatic heterocycles. The summed E-state index contributed by atoms with van der Waals surface area (Å²) >= 11 is 0. The van der Waals surface area contributed by atoms with Gasteiger partial charge in [0.2, 0.25) is 0 Å². The van der Waals surface area contributed by atoms with Crippen LogP contribution in [0.5, 0.6) is 0 Å². The van der Waals surface area contributed by atoms with Gasteiger partial charge in [-0.3, -0.25) is 9.78 Å². The highest BCUT2D eigenvalue weighted by Crippen LogP contribution is 2.37. The first-order valence-electron chi connectivity index (χ1n) is 9.79. The molecule has 2 aromatic carbocycles. The monoisotopic (exact) mass is 383 g/mol. The maximum atomic E-state index is 12.7. The van der Waals surface area contributed by atoms with Gasteiger partial charge in [-0.25, -0.2) is 0 Å². The molecule has 1 aromatic heterocycles. The summed E-state index contributed by atoms with van der Waals surface area (Å²) in [4.78, 5) is 19.2. The van der Waals surface area contributed by atoms with Crippen molar-refractivity contribution >= 4 is 28.9 Å². The number of morpholine rings is 1. The molecule has 0 spiro atoms. The maximum absolute atomic E-state index is 12.7. The second-order valence-corrected chi connectivity index (χ2v) is 7.17. The zero-order chi connectivity index (χ0) is 19.6. The van der Waals surface area contributed by atoms with E-state index in [1.54, 1.807) is 6.20 Å². The molecule has 5 heteroatoms. The number of carbonyl (C=O) groups is 1. The van der Waals surface area contributed by atoms with Gasteiger partial charge in [0.15, 0.2) is 0 Å². The molecule has 0 unspecified atom stereocenters. The summed E-state index contributed by atoms with van der Waals surface area (Å²) in [7, 11) is 0. The number of fused-ring (bicyclic) bond motifs is 1. The average Bonchev–Trinajstić information content (AvgIpc) is 3.09. The van der Waals surface area contributed by atoms with E-state index in [2.05, 4.69) is 27.3 Å². The first kappa shape index (κ1) is 17.6. The molecule has 144 valence electrons. The third-order valence-corrected chi connectivity index (χ3v) is 5.39. The third kappa shape index (κ3) is 3.41. The number of anilines is 2. The number of nitrogens with zero attached hydrogens (tertiary/aromatic N) is 2. The fourth-order valence-corrected chi connectivity index (χ4v) is 3.91. The van der Waals surface area contributed by atoms with E-state index in [1.807, 2.05) is 54.7 Å². The molecule has 1 amide bonds. The highest BCUT2D eigenvalue weighted by atomic mass is 16.5. The highest BCUT2D eigenvalue weighted by Gasteiger charge is 2.25. The van der Waals surface area contributed by atoms with Crippen molar-refractivity contribution in [3.8, 4) is 11.1 Å². The van der Waals surface area contributed by atoms with Crippen LogP contribution >= 0.6 is 0 Å². The SMILES string of the molecule is O=C1Nc2cc(-c3cccnc3)ccc2C1=Cc1ccccc1N1CCOCC1. The Morgan fingerprint density at radius 2 is 1.86 bits per heavy atom. The van der Waals surface area contributed by atoms with Crippen LogP contribution < -0.4 is 10.2 Å². The van der Waals surface area contributed by atoms with Crippen LogP contribution in [0.25, 0.3) is 22.8 Å². The number of rotatable bonds is 3. The van der Waals surface area contributed by atoms with Gasteiger partial charge in [0.25, 0.3) is 5.91 Å². The number of amides is 1. The number of aromatic nitrogens is 1. The molecular formula is C24H21N3O2. The van der Waals surface area contributed by atoms with Crippen LogP contribution in [0.2, 0.25) is 0 Å². The largest absolute Gasteiger partial charge is 0.378 e. The van der Waals surface area contributed by atoms with Crippen molar-refractivity contribution in [3.63, 3.8) is 0 Å². The average molecular weight is 383 g/mol. The minimum absolute atomic E-state index is 0.0693.